The monoisotopic (exact) mass is 598 g/mol. The molecule has 2 N–H and O–H groups in total. The third kappa shape index (κ3) is 7.16. The van der Waals surface area contributed by atoms with Crippen LogP contribution in [0, 0.1) is 0 Å². The van der Waals surface area contributed by atoms with Crippen LogP contribution in [-0.2, 0) is 42.7 Å². The van der Waals surface area contributed by atoms with Crippen LogP contribution in [0.15, 0.2) is 36.4 Å². The molecule has 0 radical (unpaired) electrons. The number of hydrogen-bond donors (Lipinski definition) is 2. The molecule has 0 saturated carbocycles. The minimum atomic E-state index is -4.94. The van der Waals surface area contributed by atoms with E-state index in [0.717, 1.165) is 56.4 Å². The second-order valence-corrected chi connectivity index (χ2v) is 11.0. The third-order valence-corrected chi connectivity index (χ3v) is 7.51. The van der Waals surface area contributed by atoms with Crippen molar-refractivity contribution in [3.8, 4) is 5.88 Å². The van der Waals surface area contributed by atoms with Gasteiger partial charge in [-0.25, -0.2) is 9.67 Å². The Morgan fingerprint density at radius 1 is 1.07 bits per heavy atom. The van der Waals surface area contributed by atoms with Crippen molar-refractivity contribution in [3.63, 3.8) is 0 Å². The van der Waals surface area contributed by atoms with Gasteiger partial charge < -0.3 is 15.2 Å². The molecule has 1 aliphatic rings. The number of halogens is 6. The fourth-order valence-electron chi connectivity index (χ4n) is 4.86. The number of aryl methyl sites for hydroxylation is 2. The zero-order chi connectivity index (χ0) is 30.9. The maximum atomic E-state index is 13.8. The molecule has 4 rings (SSSR count). The molecule has 1 aliphatic heterocycles. The quantitative estimate of drug-likeness (QED) is 0.261. The van der Waals surface area contributed by atoms with Crippen molar-refractivity contribution in [2.45, 2.75) is 69.6 Å². The van der Waals surface area contributed by atoms with Crippen LogP contribution in [0.4, 0.5) is 32.2 Å². The SMILES string of the molecule is Cn1nc(CC(CC(=O)O)c2cc(C(F)(F)F)cc(C(C)(C)C(F)(F)F)c2)cc1OCCc1ccc2c(n1)NCCC2. The van der Waals surface area contributed by atoms with E-state index in [9.17, 15) is 36.2 Å². The number of nitrogens with zero attached hydrogens (tertiary/aromatic N) is 3. The summed E-state index contributed by atoms with van der Waals surface area (Å²) in [5.74, 6) is -1.18. The van der Waals surface area contributed by atoms with Crippen molar-refractivity contribution < 1.29 is 41.0 Å². The first-order valence-electron chi connectivity index (χ1n) is 13.4. The Morgan fingerprint density at radius 3 is 2.45 bits per heavy atom. The van der Waals surface area contributed by atoms with Crippen LogP contribution < -0.4 is 10.1 Å². The zero-order valence-electron chi connectivity index (χ0n) is 23.4. The molecule has 3 heterocycles. The molecule has 1 aromatic carbocycles. The molecule has 2 aromatic heterocycles. The maximum Gasteiger partial charge on any atom is 0.416 e. The molecule has 42 heavy (non-hydrogen) atoms. The summed E-state index contributed by atoms with van der Waals surface area (Å²) in [5.41, 5.74) is -2.35. The van der Waals surface area contributed by atoms with Crippen molar-refractivity contribution in [1.82, 2.24) is 14.8 Å². The normalized spacial score (nSPS) is 14.7. The Kier molecular flexibility index (Phi) is 8.79. The molecular formula is C29H32F6N4O3. The van der Waals surface area contributed by atoms with E-state index in [1.165, 1.54) is 4.68 Å². The number of benzene rings is 1. The molecule has 0 spiro atoms. The number of nitrogens with one attached hydrogen (secondary N) is 1. The summed E-state index contributed by atoms with van der Waals surface area (Å²) >= 11 is 0. The first-order valence-corrected chi connectivity index (χ1v) is 13.4. The predicted molar refractivity (Wildman–Crippen MR) is 143 cm³/mol. The van der Waals surface area contributed by atoms with Crippen molar-refractivity contribution in [2.75, 3.05) is 18.5 Å². The van der Waals surface area contributed by atoms with Gasteiger partial charge >= 0.3 is 18.3 Å². The highest BCUT2D eigenvalue weighted by molar-refractivity contribution is 5.68. The number of rotatable bonds is 10. The number of carboxylic acid groups (broad SMARTS) is 1. The van der Waals surface area contributed by atoms with Gasteiger partial charge in [0.1, 0.15) is 5.82 Å². The Morgan fingerprint density at radius 2 is 1.79 bits per heavy atom. The molecule has 228 valence electrons. The minimum absolute atomic E-state index is 0.130. The Hall–Kier alpha value is -3.77. The number of carbonyl (C=O) groups is 1. The van der Waals surface area contributed by atoms with Gasteiger partial charge in [-0.3, -0.25) is 4.79 Å². The number of anilines is 1. The van der Waals surface area contributed by atoms with E-state index in [-0.39, 0.29) is 18.6 Å². The number of carboxylic acids is 1. The van der Waals surface area contributed by atoms with Crippen LogP contribution in [0.3, 0.4) is 0 Å². The van der Waals surface area contributed by atoms with Gasteiger partial charge in [-0.05, 0) is 73.9 Å². The average molecular weight is 599 g/mol. The molecule has 0 fully saturated rings. The summed E-state index contributed by atoms with van der Waals surface area (Å²) < 4.78 is 89.7. The van der Waals surface area contributed by atoms with Gasteiger partial charge in [0.2, 0.25) is 5.88 Å². The van der Waals surface area contributed by atoms with E-state index in [1.54, 1.807) is 13.1 Å². The highest BCUT2D eigenvalue weighted by atomic mass is 19.4. The smallest absolute Gasteiger partial charge is 0.416 e. The predicted octanol–water partition coefficient (Wildman–Crippen LogP) is 6.45. The largest absolute Gasteiger partial charge is 0.481 e. The van der Waals surface area contributed by atoms with Crippen molar-refractivity contribution >= 4 is 11.8 Å². The van der Waals surface area contributed by atoms with E-state index in [2.05, 4.69) is 15.4 Å². The van der Waals surface area contributed by atoms with Gasteiger partial charge in [0, 0.05) is 31.8 Å². The van der Waals surface area contributed by atoms with Gasteiger partial charge in [0.15, 0.2) is 0 Å². The summed E-state index contributed by atoms with van der Waals surface area (Å²) in [7, 11) is 1.60. The van der Waals surface area contributed by atoms with Crippen molar-refractivity contribution in [1.29, 1.82) is 0 Å². The van der Waals surface area contributed by atoms with Crippen LogP contribution in [0.1, 0.15) is 66.2 Å². The molecule has 0 bridgehead atoms. The lowest BCUT2D eigenvalue weighted by Crippen LogP contribution is -2.36. The maximum absolute atomic E-state index is 13.8. The Balaban J connectivity index is 1.55. The standard InChI is InChI=1S/C29H32F6N4O3/c1-27(2,29(33,34)35)20-11-18(12-21(15-20)28(30,31)32)19(14-25(40)41)13-23-16-24(39(3)38-23)42-10-8-22-7-6-17-5-4-9-36-26(17)37-22/h6-7,11-12,15-16,19H,4-5,8-10,13-14H2,1-3H3,(H,36,37)(H,40,41). The number of hydrogen-bond acceptors (Lipinski definition) is 5. The van der Waals surface area contributed by atoms with E-state index in [0.29, 0.717) is 30.1 Å². The van der Waals surface area contributed by atoms with Crippen LogP contribution in [-0.4, -0.2) is 45.2 Å². The van der Waals surface area contributed by atoms with E-state index in [4.69, 9.17) is 4.74 Å². The topological polar surface area (TPSA) is 89.3 Å². The van der Waals surface area contributed by atoms with Gasteiger partial charge in [-0.2, -0.15) is 31.4 Å². The number of aromatic nitrogens is 3. The van der Waals surface area contributed by atoms with E-state index >= 15 is 0 Å². The average Bonchev–Trinajstić information content (AvgIpc) is 3.25. The van der Waals surface area contributed by atoms with Gasteiger partial charge in [0.05, 0.1) is 29.7 Å². The molecule has 3 aromatic rings. The number of aliphatic carboxylic acids is 1. The highest BCUT2D eigenvalue weighted by Crippen LogP contribution is 2.44. The van der Waals surface area contributed by atoms with Crippen LogP contribution in [0.25, 0.3) is 0 Å². The highest BCUT2D eigenvalue weighted by Gasteiger charge is 2.49. The molecule has 0 amide bonds. The molecular weight excluding hydrogens is 566 g/mol. The first kappa shape index (κ1) is 31.2. The van der Waals surface area contributed by atoms with Crippen LogP contribution in [0.5, 0.6) is 5.88 Å². The second-order valence-electron chi connectivity index (χ2n) is 11.0. The second kappa shape index (κ2) is 11.8. The molecule has 1 atom stereocenters. The lowest BCUT2D eigenvalue weighted by atomic mass is 9.79. The third-order valence-electron chi connectivity index (χ3n) is 7.51. The van der Waals surface area contributed by atoms with Crippen LogP contribution in [0.2, 0.25) is 0 Å². The fourth-order valence-corrected chi connectivity index (χ4v) is 4.86. The lowest BCUT2D eigenvalue weighted by Gasteiger charge is -2.30. The minimum Gasteiger partial charge on any atom is -0.481 e. The zero-order valence-corrected chi connectivity index (χ0v) is 23.4. The number of ether oxygens (including phenoxy) is 1. The molecule has 0 aliphatic carbocycles. The van der Waals surface area contributed by atoms with Gasteiger partial charge in [-0.15, -0.1) is 0 Å². The van der Waals surface area contributed by atoms with Crippen molar-refractivity contribution in [3.05, 3.63) is 70.0 Å². The summed E-state index contributed by atoms with van der Waals surface area (Å²) in [6, 6.07) is 7.70. The Bertz CT molecular complexity index is 1430. The Labute approximate surface area is 238 Å². The molecule has 7 nitrogen and oxygen atoms in total. The van der Waals surface area contributed by atoms with Gasteiger partial charge in [0.25, 0.3) is 0 Å². The summed E-state index contributed by atoms with van der Waals surface area (Å²) in [4.78, 5) is 16.3. The molecule has 13 heteroatoms. The molecule has 1 unspecified atom stereocenters. The number of alkyl halides is 6. The van der Waals surface area contributed by atoms with Crippen LogP contribution >= 0.6 is 0 Å². The first-order chi connectivity index (χ1) is 19.5. The van der Waals surface area contributed by atoms with E-state index < -0.39 is 47.2 Å². The summed E-state index contributed by atoms with van der Waals surface area (Å²) in [6.45, 7) is 2.70. The molecule has 0 saturated heterocycles. The summed E-state index contributed by atoms with van der Waals surface area (Å²) in [5, 5.41) is 17.1. The fraction of sp³-hybridized carbons (Fsp3) is 0.483. The van der Waals surface area contributed by atoms with Gasteiger partial charge in [-0.1, -0.05) is 12.1 Å². The lowest BCUT2D eigenvalue weighted by molar-refractivity contribution is -0.180. The number of fused-ring (bicyclic) bond motifs is 1. The van der Waals surface area contributed by atoms with Crippen molar-refractivity contribution in [2.24, 2.45) is 7.05 Å². The van der Waals surface area contributed by atoms with E-state index in [1.807, 2.05) is 12.1 Å². The number of pyridine rings is 1. The summed E-state index contributed by atoms with van der Waals surface area (Å²) in [6.07, 6.45) is -8.00.